The molecule has 15 heavy (non-hydrogen) atoms. The SMILES string of the molecule is C1=[CH][AlH][N]=C1.O=C(O)C(O)C(O)C(=O)O. The predicted octanol–water partition coefficient (Wildman–Crippen LogP) is -2.19. The smallest absolute Gasteiger partial charge is 0.443 e. The van der Waals surface area contributed by atoms with Crippen molar-refractivity contribution in [3.63, 3.8) is 0 Å². The Labute approximate surface area is 91.3 Å². The van der Waals surface area contributed by atoms with E-state index in [1.54, 1.807) is 0 Å². The number of aliphatic hydroxyl groups excluding tert-OH is 2. The minimum Gasteiger partial charge on any atom is -0.479 e. The molecule has 0 amide bonds. The van der Waals surface area contributed by atoms with Crippen molar-refractivity contribution in [3.8, 4) is 0 Å². The van der Waals surface area contributed by atoms with Crippen LogP contribution >= 0.6 is 0 Å². The summed E-state index contributed by atoms with van der Waals surface area (Å²) in [7, 11) is 0. The van der Waals surface area contributed by atoms with Crippen LogP contribution in [0.15, 0.2) is 15.0 Å². The lowest BCUT2D eigenvalue weighted by Gasteiger charge is -2.07. The van der Waals surface area contributed by atoms with Gasteiger partial charge in [0.05, 0.1) is 0 Å². The van der Waals surface area contributed by atoms with Gasteiger partial charge in [0.1, 0.15) is 0 Å². The zero-order valence-corrected chi connectivity index (χ0v) is 9.06. The number of carboxylic acids is 2. The standard InChI is InChI=1S/C4H6O6.C3H3N.Al.H/c5-1(3(7)8)2(6)4(9)10;1-2-3-4;;/h1-2,5-6H,(H,7,8)(H,9,10);1-3H;;/q;-1;+1;. The van der Waals surface area contributed by atoms with Crippen molar-refractivity contribution in [2.75, 3.05) is 0 Å². The van der Waals surface area contributed by atoms with Crippen molar-refractivity contribution in [1.82, 2.24) is 0 Å². The van der Waals surface area contributed by atoms with Gasteiger partial charge in [0, 0.05) is 0 Å². The summed E-state index contributed by atoms with van der Waals surface area (Å²) < 4.78 is 3.99. The molecule has 0 radical (unpaired) electrons. The molecule has 8 heteroatoms. The lowest BCUT2D eigenvalue weighted by atomic mass is 10.2. The Morgan fingerprint density at radius 2 is 1.60 bits per heavy atom. The molecule has 0 saturated heterocycles. The molecule has 0 fully saturated rings. The second kappa shape index (κ2) is 7.14. The minimum absolute atomic E-state index is 0.0679. The molecule has 0 aliphatic carbocycles. The molecule has 82 valence electrons. The highest BCUT2D eigenvalue weighted by Gasteiger charge is 2.29. The molecule has 1 aliphatic heterocycles. The fourth-order valence-electron chi connectivity index (χ4n) is 0.574. The quantitative estimate of drug-likeness (QED) is 0.409. The van der Waals surface area contributed by atoms with Crippen molar-refractivity contribution in [3.05, 3.63) is 11.0 Å². The van der Waals surface area contributed by atoms with Gasteiger partial charge in [-0.3, -0.25) is 0 Å². The molecule has 0 aromatic rings. The summed E-state index contributed by atoms with van der Waals surface area (Å²) >= 11 is -0.0679. The highest BCUT2D eigenvalue weighted by molar-refractivity contribution is 6.44. The Morgan fingerprint density at radius 3 is 1.73 bits per heavy atom. The first kappa shape index (κ1) is 13.8. The Kier molecular flexibility index (Phi) is 6.57. The molecular formula is C7H10AlNO6. The number of carboxylic acid groups (broad SMARTS) is 2. The molecule has 1 heterocycles. The Morgan fingerprint density at radius 1 is 1.13 bits per heavy atom. The van der Waals surface area contributed by atoms with Crippen LogP contribution < -0.4 is 0 Å². The molecule has 2 atom stereocenters. The van der Waals surface area contributed by atoms with Crippen molar-refractivity contribution in [1.29, 1.82) is 0 Å². The van der Waals surface area contributed by atoms with Crippen molar-refractivity contribution >= 4 is 33.6 Å². The van der Waals surface area contributed by atoms with E-state index in [0.29, 0.717) is 0 Å². The molecule has 7 nitrogen and oxygen atoms in total. The molecule has 0 spiro atoms. The second-order valence-corrected chi connectivity index (χ2v) is 3.71. The van der Waals surface area contributed by atoms with Crippen LogP contribution in [0.2, 0.25) is 0 Å². The summed E-state index contributed by atoms with van der Waals surface area (Å²) in [5, 5.41) is 32.5. The fourth-order valence-corrected chi connectivity index (χ4v) is 1.18. The number of hydrogen-bond donors (Lipinski definition) is 4. The van der Waals surface area contributed by atoms with Crippen LogP contribution in [0.1, 0.15) is 0 Å². The van der Waals surface area contributed by atoms with E-state index in [1.807, 2.05) is 12.3 Å². The average molecular weight is 231 g/mol. The topological polar surface area (TPSA) is 127 Å². The lowest BCUT2D eigenvalue weighted by molar-refractivity contribution is -0.165. The van der Waals surface area contributed by atoms with Crippen LogP contribution in [-0.2, 0) is 9.59 Å². The molecule has 0 aromatic carbocycles. The largest absolute Gasteiger partial charge is 0.479 e. The van der Waals surface area contributed by atoms with Gasteiger partial charge in [0.25, 0.3) is 0 Å². The summed E-state index contributed by atoms with van der Waals surface area (Å²) in [6, 6.07) is 0. The third kappa shape index (κ3) is 5.98. The van der Waals surface area contributed by atoms with Crippen LogP contribution in [0.5, 0.6) is 0 Å². The summed E-state index contributed by atoms with van der Waals surface area (Å²) in [6.07, 6.45) is -0.659. The number of aliphatic hydroxyl groups is 2. The molecule has 2 unspecified atom stereocenters. The van der Waals surface area contributed by atoms with Gasteiger partial charge in [-0.25, -0.2) is 9.59 Å². The van der Waals surface area contributed by atoms with E-state index in [9.17, 15) is 9.59 Å². The highest BCUT2D eigenvalue weighted by atomic mass is 27.1. The monoisotopic (exact) mass is 231 g/mol. The Hall–Kier alpha value is -1.20. The first-order valence-corrected chi connectivity index (χ1v) is 5.38. The first-order chi connectivity index (χ1) is 6.96. The molecule has 4 N–H and O–H groups in total. The minimum atomic E-state index is -2.27. The average Bonchev–Trinajstić information content (AvgIpc) is 2.73. The van der Waals surface area contributed by atoms with Gasteiger partial charge >= 0.3 is 27.4 Å². The van der Waals surface area contributed by atoms with Crippen molar-refractivity contribution in [2.24, 2.45) is 3.98 Å². The molecule has 1 aliphatic rings. The van der Waals surface area contributed by atoms with E-state index in [2.05, 4.69) is 8.91 Å². The van der Waals surface area contributed by atoms with E-state index in [0.717, 1.165) is 0 Å². The van der Waals surface area contributed by atoms with E-state index < -0.39 is 24.1 Å². The van der Waals surface area contributed by atoms with Crippen molar-refractivity contribution in [2.45, 2.75) is 12.2 Å². The maximum atomic E-state index is 9.77. The summed E-state index contributed by atoms with van der Waals surface area (Å²) in [6.45, 7) is 0. The van der Waals surface area contributed by atoms with Gasteiger partial charge < -0.3 is 24.4 Å². The lowest BCUT2D eigenvalue weighted by Crippen LogP contribution is -2.39. The van der Waals surface area contributed by atoms with E-state index in [1.165, 1.54) is 0 Å². The maximum Gasteiger partial charge on any atom is 0.443 e. The number of rotatable bonds is 3. The molecule has 0 bridgehead atoms. The van der Waals surface area contributed by atoms with Gasteiger partial charge in [0.15, 0.2) is 12.2 Å². The fraction of sp³-hybridized carbons (Fsp3) is 0.286. The number of hydrogen-bond acceptors (Lipinski definition) is 5. The van der Waals surface area contributed by atoms with Gasteiger partial charge in [-0.15, -0.1) is 4.94 Å². The third-order valence-corrected chi connectivity index (χ3v) is 2.25. The second-order valence-electron chi connectivity index (χ2n) is 2.51. The number of allylic oxidation sites excluding steroid dienone is 1. The van der Waals surface area contributed by atoms with Crippen LogP contribution in [0.3, 0.4) is 0 Å². The third-order valence-electron chi connectivity index (χ3n) is 1.34. The molecular weight excluding hydrogens is 221 g/mol. The van der Waals surface area contributed by atoms with E-state index >= 15 is 0 Å². The number of carbonyl (C=O) groups is 2. The summed E-state index contributed by atoms with van der Waals surface area (Å²) in [4.78, 5) is 21.7. The summed E-state index contributed by atoms with van der Waals surface area (Å²) in [5.41, 5.74) is 0. The molecule has 0 saturated carbocycles. The van der Waals surface area contributed by atoms with Crippen LogP contribution in [0, 0.1) is 0 Å². The zero-order valence-electron chi connectivity index (χ0n) is 7.65. The Balaban J connectivity index is 0.000000322. The van der Waals surface area contributed by atoms with Crippen LogP contribution in [0.4, 0.5) is 0 Å². The van der Waals surface area contributed by atoms with Crippen LogP contribution in [-0.4, -0.2) is 66.2 Å². The molecule has 0 aromatic heterocycles. The highest BCUT2D eigenvalue weighted by Crippen LogP contribution is 1.92. The number of aliphatic carboxylic acids is 2. The van der Waals surface area contributed by atoms with Gasteiger partial charge in [0.2, 0.25) is 0 Å². The maximum absolute atomic E-state index is 9.77. The van der Waals surface area contributed by atoms with Gasteiger partial charge in [-0.05, 0) is 6.21 Å². The predicted molar refractivity (Wildman–Crippen MR) is 52.1 cm³/mol. The normalized spacial score (nSPS) is 15.9. The first-order valence-electron chi connectivity index (χ1n) is 3.93. The number of nitrogens with zero attached hydrogens (tertiary/aromatic N) is 1. The van der Waals surface area contributed by atoms with E-state index in [4.69, 9.17) is 20.4 Å². The van der Waals surface area contributed by atoms with Crippen molar-refractivity contribution < 1.29 is 30.0 Å². The van der Waals surface area contributed by atoms with Gasteiger partial charge in [-0.2, -0.15) is 0 Å². The zero-order chi connectivity index (χ0) is 11.8. The van der Waals surface area contributed by atoms with Gasteiger partial charge in [-0.1, -0.05) is 6.08 Å². The van der Waals surface area contributed by atoms with Crippen LogP contribution in [0.25, 0.3) is 0 Å². The van der Waals surface area contributed by atoms with E-state index in [-0.39, 0.29) is 15.4 Å². The Bertz CT molecular complexity index is 261. The molecule has 1 rings (SSSR count). The summed E-state index contributed by atoms with van der Waals surface area (Å²) in [5.74, 6) is -3.54.